The van der Waals surface area contributed by atoms with Crippen molar-refractivity contribution < 1.29 is 18.7 Å². The average molecular weight is 315 g/mol. The number of nitrogens with one attached hydrogen (secondary N) is 1. The Kier molecular flexibility index (Phi) is 5.86. The van der Waals surface area contributed by atoms with E-state index >= 15 is 0 Å². The average Bonchev–Trinajstić information content (AvgIpc) is 2.55. The lowest BCUT2D eigenvalue weighted by molar-refractivity contribution is -0.116. The van der Waals surface area contributed by atoms with E-state index in [1.807, 2.05) is 0 Å². The molecule has 0 saturated heterocycles. The number of carbonyl (C=O) groups is 2. The zero-order valence-electron chi connectivity index (χ0n) is 12.8. The van der Waals surface area contributed by atoms with Crippen LogP contribution < -0.4 is 5.32 Å². The molecule has 120 valence electrons. The molecule has 0 radical (unpaired) electrons. The van der Waals surface area contributed by atoms with Crippen LogP contribution in [0.2, 0.25) is 0 Å². The molecule has 0 aromatic heterocycles. The number of aryl methyl sites for hydroxylation is 1. The van der Waals surface area contributed by atoms with E-state index in [-0.39, 0.29) is 24.8 Å². The maximum absolute atomic E-state index is 13.5. The second kappa shape index (κ2) is 8.08. The number of halogens is 1. The molecule has 5 heteroatoms. The molecule has 4 nitrogen and oxygen atoms in total. The molecule has 23 heavy (non-hydrogen) atoms. The number of carbonyl (C=O) groups excluding carboxylic acids is 2. The maximum atomic E-state index is 13.5. The van der Waals surface area contributed by atoms with Gasteiger partial charge in [-0.15, -0.1) is 0 Å². The summed E-state index contributed by atoms with van der Waals surface area (Å²) in [7, 11) is 0. The number of hydrogen-bond donors (Lipinski definition) is 1. The lowest BCUT2D eigenvalue weighted by atomic mass is 10.1. The van der Waals surface area contributed by atoms with Gasteiger partial charge < -0.3 is 10.1 Å². The van der Waals surface area contributed by atoms with Gasteiger partial charge in [0.1, 0.15) is 5.82 Å². The van der Waals surface area contributed by atoms with Crippen LogP contribution in [0.4, 0.5) is 10.1 Å². The highest BCUT2D eigenvalue weighted by Gasteiger charge is 2.14. The van der Waals surface area contributed by atoms with Crippen LogP contribution in [-0.4, -0.2) is 18.5 Å². The van der Waals surface area contributed by atoms with Gasteiger partial charge in [-0.1, -0.05) is 30.3 Å². The van der Waals surface area contributed by atoms with Crippen molar-refractivity contribution in [1.29, 1.82) is 0 Å². The summed E-state index contributed by atoms with van der Waals surface area (Å²) in [6.07, 6.45) is 0.415. The Balaban J connectivity index is 2.01. The largest absolute Gasteiger partial charge is 0.462 e. The summed E-state index contributed by atoms with van der Waals surface area (Å²) >= 11 is 0. The SMILES string of the molecule is CCOC(=O)c1ccccc1NC(=O)CCc1ccccc1F. The Bertz CT molecular complexity index is 700. The third kappa shape index (κ3) is 4.64. The Hall–Kier alpha value is -2.69. The van der Waals surface area contributed by atoms with Gasteiger partial charge in [0, 0.05) is 6.42 Å². The van der Waals surface area contributed by atoms with Gasteiger partial charge in [-0.2, -0.15) is 0 Å². The van der Waals surface area contributed by atoms with E-state index in [0.717, 1.165) is 0 Å². The van der Waals surface area contributed by atoms with Gasteiger partial charge in [-0.25, -0.2) is 9.18 Å². The lowest BCUT2D eigenvalue weighted by Crippen LogP contribution is -2.16. The van der Waals surface area contributed by atoms with Crippen LogP contribution in [0.15, 0.2) is 48.5 Å². The zero-order chi connectivity index (χ0) is 16.7. The van der Waals surface area contributed by atoms with Crippen LogP contribution >= 0.6 is 0 Å². The molecule has 0 bridgehead atoms. The van der Waals surface area contributed by atoms with E-state index in [1.165, 1.54) is 6.07 Å². The molecule has 2 rings (SSSR count). The third-order valence-electron chi connectivity index (χ3n) is 3.28. The smallest absolute Gasteiger partial charge is 0.340 e. The molecule has 0 aliphatic heterocycles. The summed E-state index contributed by atoms with van der Waals surface area (Å²) < 4.78 is 18.5. The first-order valence-electron chi connectivity index (χ1n) is 7.41. The summed E-state index contributed by atoms with van der Waals surface area (Å²) in [5.41, 5.74) is 1.18. The Labute approximate surface area is 134 Å². The molecule has 0 aliphatic rings. The predicted molar refractivity (Wildman–Crippen MR) is 85.7 cm³/mol. The van der Waals surface area contributed by atoms with E-state index in [1.54, 1.807) is 49.4 Å². The lowest BCUT2D eigenvalue weighted by Gasteiger charge is -2.10. The summed E-state index contributed by atoms with van der Waals surface area (Å²) in [4.78, 5) is 23.9. The summed E-state index contributed by atoms with van der Waals surface area (Å²) in [5, 5.41) is 2.68. The van der Waals surface area contributed by atoms with Crippen molar-refractivity contribution in [3.05, 3.63) is 65.5 Å². The topological polar surface area (TPSA) is 55.4 Å². The highest BCUT2D eigenvalue weighted by Crippen LogP contribution is 2.17. The fourth-order valence-corrected chi connectivity index (χ4v) is 2.14. The minimum atomic E-state index is -0.488. The zero-order valence-corrected chi connectivity index (χ0v) is 12.8. The molecule has 1 amide bonds. The third-order valence-corrected chi connectivity index (χ3v) is 3.28. The fourth-order valence-electron chi connectivity index (χ4n) is 2.14. The minimum Gasteiger partial charge on any atom is -0.462 e. The van der Waals surface area contributed by atoms with Crippen LogP contribution in [0, 0.1) is 5.82 Å². The molecule has 0 unspecified atom stereocenters. The number of rotatable bonds is 6. The van der Waals surface area contributed by atoms with Gasteiger partial charge in [0.05, 0.1) is 17.9 Å². The number of ether oxygens (including phenoxy) is 1. The molecular formula is C18H18FNO3. The number of anilines is 1. The van der Waals surface area contributed by atoms with Crippen LogP contribution in [0.1, 0.15) is 29.3 Å². The van der Waals surface area contributed by atoms with Gasteiger partial charge >= 0.3 is 5.97 Å². The molecular weight excluding hydrogens is 297 g/mol. The minimum absolute atomic E-state index is 0.123. The molecule has 1 N–H and O–H groups in total. The number of benzene rings is 2. The molecule has 2 aromatic rings. The predicted octanol–water partition coefficient (Wildman–Crippen LogP) is 3.57. The van der Waals surface area contributed by atoms with Crippen molar-refractivity contribution in [2.24, 2.45) is 0 Å². The molecule has 0 atom stereocenters. The standard InChI is InChI=1S/C18H18FNO3/c1-2-23-18(22)14-8-4-6-10-16(14)20-17(21)12-11-13-7-3-5-9-15(13)19/h3-10H,2,11-12H2,1H3,(H,20,21). The van der Waals surface area contributed by atoms with Crippen LogP contribution in [0.3, 0.4) is 0 Å². The number of para-hydroxylation sites is 1. The van der Waals surface area contributed by atoms with Crippen molar-refractivity contribution >= 4 is 17.6 Å². The van der Waals surface area contributed by atoms with Gasteiger partial charge in [-0.05, 0) is 37.1 Å². The Morgan fingerprint density at radius 2 is 1.78 bits per heavy atom. The van der Waals surface area contributed by atoms with Gasteiger partial charge in [0.15, 0.2) is 0 Å². The van der Waals surface area contributed by atoms with Crippen LogP contribution in [0.25, 0.3) is 0 Å². The molecule has 0 spiro atoms. The number of amides is 1. The molecule has 0 fully saturated rings. The van der Waals surface area contributed by atoms with Gasteiger partial charge in [0.2, 0.25) is 5.91 Å². The Morgan fingerprint density at radius 3 is 2.52 bits per heavy atom. The normalized spacial score (nSPS) is 10.2. The first kappa shape index (κ1) is 16.7. The highest BCUT2D eigenvalue weighted by molar-refractivity contribution is 6.01. The Morgan fingerprint density at radius 1 is 1.09 bits per heavy atom. The fraction of sp³-hybridized carbons (Fsp3) is 0.222. The van der Waals surface area contributed by atoms with Crippen molar-refractivity contribution in [1.82, 2.24) is 0 Å². The highest BCUT2D eigenvalue weighted by atomic mass is 19.1. The molecule has 0 saturated carbocycles. The van der Waals surface area contributed by atoms with Gasteiger partial charge in [-0.3, -0.25) is 4.79 Å². The molecule has 2 aromatic carbocycles. The first-order valence-corrected chi connectivity index (χ1v) is 7.41. The van der Waals surface area contributed by atoms with Crippen molar-refractivity contribution in [2.75, 3.05) is 11.9 Å². The second-order valence-corrected chi connectivity index (χ2v) is 4.91. The van der Waals surface area contributed by atoms with Crippen molar-refractivity contribution in [3.8, 4) is 0 Å². The van der Waals surface area contributed by atoms with Crippen LogP contribution in [-0.2, 0) is 16.0 Å². The van der Waals surface area contributed by atoms with Gasteiger partial charge in [0.25, 0.3) is 0 Å². The number of hydrogen-bond acceptors (Lipinski definition) is 3. The molecule has 0 aliphatic carbocycles. The first-order chi connectivity index (χ1) is 11.1. The van der Waals surface area contributed by atoms with Crippen molar-refractivity contribution in [3.63, 3.8) is 0 Å². The quantitative estimate of drug-likeness (QED) is 0.829. The summed E-state index contributed by atoms with van der Waals surface area (Å²) in [6.45, 7) is 1.97. The van der Waals surface area contributed by atoms with Crippen molar-refractivity contribution in [2.45, 2.75) is 19.8 Å². The number of esters is 1. The summed E-state index contributed by atoms with van der Waals surface area (Å²) in [5.74, 6) is -1.10. The van der Waals surface area contributed by atoms with E-state index in [2.05, 4.69) is 5.32 Å². The summed E-state index contributed by atoms with van der Waals surface area (Å²) in [6, 6.07) is 13.0. The van der Waals surface area contributed by atoms with E-state index in [9.17, 15) is 14.0 Å². The second-order valence-electron chi connectivity index (χ2n) is 4.91. The van der Waals surface area contributed by atoms with E-state index in [0.29, 0.717) is 23.2 Å². The van der Waals surface area contributed by atoms with E-state index < -0.39 is 5.97 Å². The monoisotopic (exact) mass is 315 g/mol. The molecule has 0 heterocycles. The maximum Gasteiger partial charge on any atom is 0.340 e. The van der Waals surface area contributed by atoms with E-state index in [4.69, 9.17) is 4.74 Å². The van der Waals surface area contributed by atoms with Crippen LogP contribution in [0.5, 0.6) is 0 Å².